The number of amides is 1. The van der Waals surface area contributed by atoms with Gasteiger partial charge in [-0.2, -0.15) is 0 Å². The highest BCUT2D eigenvalue weighted by molar-refractivity contribution is 5.94. The molecule has 3 aliphatic heterocycles. The molecule has 5 nitrogen and oxygen atoms in total. The van der Waals surface area contributed by atoms with Gasteiger partial charge in [0.25, 0.3) is 5.91 Å². The third kappa shape index (κ3) is 4.11. The molecular formula is C21H29NO4. The molecule has 142 valence electrons. The van der Waals surface area contributed by atoms with E-state index >= 15 is 0 Å². The summed E-state index contributed by atoms with van der Waals surface area (Å²) in [4.78, 5) is 14.6. The topological polar surface area (TPSA) is 48.0 Å². The van der Waals surface area contributed by atoms with Crippen molar-refractivity contribution in [1.82, 2.24) is 4.90 Å². The predicted molar refractivity (Wildman–Crippen MR) is 98.2 cm³/mol. The van der Waals surface area contributed by atoms with E-state index in [0.29, 0.717) is 12.5 Å². The van der Waals surface area contributed by atoms with Gasteiger partial charge in [0, 0.05) is 38.3 Å². The fourth-order valence-corrected chi connectivity index (χ4v) is 4.32. The van der Waals surface area contributed by atoms with Gasteiger partial charge in [0.2, 0.25) is 0 Å². The lowest BCUT2D eigenvalue weighted by atomic mass is 9.87. The van der Waals surface area contributed by atoms with E-state index in [1.54, 1.807) is 0 Å². The third-order valence-corrected chi connectivity index (χ3v) is 6.07. The number of piperidine rings is 1. The van der Waals surface area contributed by atoms with Gasteiger partial charge in [0.1, 0.15) is 0 Å². The molecule has 3 fully saturated rings. The molecule has 1 atom stereocenters. The lowest BCUT2D eigenvalue weighted by Crippen LogP contribution is -2.46. The van der Waals surface area contributed by atoms with Gasteiger partial charge >= 0.3 is 0 Å². The summed E-state index contributed by atoms with van der Waals surface area (Å²) in [6.07, 6.45) is 5.19. The van der Waals surface area contributed by atoms with Crippen LogP contribution in [-0.4, -0.2) is 62.0 Å². The van der Waals surface area contributed by atoms with Crippen molar-refractivity contribution < 1.29 is 19.0 Å². The molecule has 3 aliphatic rings. The number of carbonyl (C=O) groups excluding carboxylic acids is 1. The Morgan fingerprint density at radius 3 is 2.62 bits per heavy atom. The van der Waals surface area contributed by atoms with E-state index in [0.717, 1.165) is 70.6 Å². The lowest BCUT2D eigenvalue weighted by molar-refractivity contribution is -0.0427. The smallest absolute Gasteiger partial charge is 0.253 e. The first-order chi connectivity index (χ1) is 12.7. The molecule has 5 heteroatoms. The maximum absolute atomic E-state index is 12.6. The molecule has 0 aliphatic carbocycles. The maximum atomic E-state index is 12.6. The number of rotatable bonds is 4. The van der Waals surface area contributed by atoms with E-state index in [-0.39, 0.29) is 17.6 Å². The van der Waals surface area contributed by atoms with Gasteiger partial charge in [-0.05, 0) is 43.7 Å². The summed E-state index contributed by atoms with van der Waals surface area (Å²) in [5, 5.41) is 0. The molecule has 0 saturated carbocycles. The standard InChI is InChI=1S/C21H29NO4/c23-20(18-4-2-1-3-5-18)22-10-8-21(9-11-22)14-19(16-26-21)25-15-17-6-12-24-13-7-17/h1-5,17,19H,6-16H2/t19-/m0/s1. The first-order valence-electron chi connectivity index (χ1n) is 9.92. The Morgan fingerprint density at radius 1 is 1.15 bits per heavy atom. The zero-order valence-corrected chi connectivity index (χ0v) is 15.4. The van der Waals surface area contributed by atoms with Gasteiger partial charge in [-0.25, -0.2) is 0 Å². The van der Waals surface area contributed by atoms with Crippen molar-refractivity contribution in [3.8, 4) is 0 Å². The van der Waals surface area contributed by atoms with Gasteiger partial charge in [-0.15, -0.1) is 0 Å². The second-order valence-corrected chi connectivity index (χ2v) is 7.87. The number of nitrogens with zero attached hydrogens (tertiary/aromatic N) is 1. The Balaban J connectivity index is 1.24. The first kappa shape index (κ1) is 18.0. The highest BCUT2D eigenvalue weighted by Crippen LogP contribution is 2.37. The number of ether oxygens (including phenoxy) is 3. The van der Waals surface area contributed by atoms with Gasteiger partial charge in [0.05, 0.1) is 24.9 Å². The molecule has 0 bridgehead atoms. The quantitative estimate of drug-likeness (QED) is 0.829. The number of hydrogen-bond acceptors (Lipinski definition) is 4. The molecule has 1 amide bonds. The Bertz CT molecular complexity index is 591. The fourth-order valence-electron chi connectivity index (χ4n) is 4.32. The van der Waals surface area contributed by atoms with Gasteiger partial charge in [-0.1, -0.05) is 18.2 Å². The van der Waals surface area contributed by atoms with Crippen LogP contribution >= 0.6 is 0 Å². The van der Waals surface area contributed by atoms with Crippen LogP contribution in [0.2, 0.25) is 0 Å². The highest BCUT2D eigenvalue weighted by Gasteiger charge is 2.44. The molecule has 0 radical (unpaired) electrons. The highest BCUT2D eigenvalue weighted by atomic mass is 16.6. The van der Waals surface area contributed by atoms with Crippen LogP contribution in [0.4, 0.5) is 0 Å². The lowest BCUT2D eigenvalue weighted by Gasteiger charge is -2.38. The van der Waals surface area contributed by atoms with Crippen LogP contribution in [0.1, 0.15) is 42.5 Å². The largest absolute Gasteiger partial charge is 0.381 e. The van der Waals surface area contributed by atoms with Crippen molar-refractivity contribution in [3.05, 3.63) is 35.9 Å². The van der Waals surface area contributed by atoms with Crippen LogP contribution in [-0.2, 0) is 14.2 Å². The van der Waals surface area contributed by atoms with Crippen molar-refractivity contribution in [2.45, 2.75) is 43.8 Å². The second-order valence-electron chi connectivity index (χ2n) is 7.87. The summed E-state index contributed by atoms with van der Waals surface area (Å²) in [5.74, 6) is 0.761. The molecule has 3 saturated heterocycles. The van der Waals surface area contributed by atoms with E-state index in [9.17, 15) is 4.79 Å². The number of hydrogen-bond donors (Lipinski definition) is 0. The average molecular weight is 359 g/mol. The summed E-state index contributed by atoms with van der Waals surface area (Å²) in [5.41, 5.74) is 0.682. The minimum Gasteiger partial charge on any atom is -0.381 e. The van der Waals surface area contributed by atoms with Gasteiger partial charge < -0.3 is 19.1 Å². The van der Waals surface area contributed by atoms with E-state index in [4.69, 9.17) is 14.2 Å². The van der Waals surface area contributed by atoms with Crippen molar-refractivity contribution in [1.29, 1.82) is 0 Å². The Kier molecular flexibility index (Phi) is 5.57. The average Bonchev–Trinajstić information content (AvgIpc) is 3.10. The van der Waals surface area contributed by atoms with E-state index in [1.165, 1.54) is 0 Å². The van der Waals surface area contributed by atoms with E-state index < -0.39 is 0 Å². The van der Waals surface area contributed by atoms with Crippen LogP contribution in [0.25, 0.3) is 0 Å². The van der Waals surface area contributed by atoms with Crippen LogP contribution in [0.5, 0.6) is 0 Å². The number of carbonyl (C=O) groups is 1. The predicted octanol–water partition coefficient (Wildman–Crippen LogP) is 2.89. The van der Waals surface area contributed by atoms with Crippen molar-refractivity contribution in [2.24, 2.45) is 5.92 Å². The van der Waals surface area contributed by atoms with Gasteiger partial charge in [0.15, 0.2) is 0 Å². The Morgan fingerprint density at radius 2 is 1.88 bits per heavy atom. The first-order valence-corrected chi connectivity index (χ1v) is 9.92. The summed E-state index contributed by atoms with van der Waals surface area (Å²) in [6, 6.07) is 9.55. The molecule has 26 heavy (non-hydrogen) atoms. The van der Waals surface area contributed by atoms with E-state index in [2.05, 4.69) is 0 Å². The molecule has 0 unspecified atom stereocenters. The molecule has 1 spiro atoms. The molecule has 1 aromatic rings. The fraction of sp³-hybridized carbons (Fsp3) is 0.667. The minimum atomic E-state index is -0.0895. The SMILES string of the molecule is O=C(c1ccccc1)N1CCC2(CC1)C[C@H](OCC1CCOCC1)CO2. The zero-order chi connectivity index (χ0) is 17.8. The molecule has 0 N–H and O–H groups in total. The molecule has 4 rings (SSSR count). The van der Waals surface area contributed by atoms with Crippen molar-refractivity contribution in [3.63, 3.8) is 0 Å². The second kappa shape index (κ2) is 8.07. The monoisotopic (exact) mass is 359 g/mol. The molecule has 0 aromatic heterocycles. The van der Waals surface area contributed by atoms with Crippen LogP contribution in [0.3, 0.4) is 0 Å². The molecular weight excluding hydrogens is 330 g/mol. The summed E-state index contributed by atoms with van der Waals surface area (Å²) in [6.45, 7) is 4.78. The summed E-state index contributed by atoms with van der Waals surface area (Å²) >= 11 is 0. The zero-order valence-electron chi connectivity index (χ0n) is 15.4. The Hall–Kier alpha value is -1.43. The van der Waals surface area contributed by atoms with Crippen molar-refractivity contribution >= 4 is 5.91 Å². The molecule has 1 aromatic carbocycles. The number of benzene rings is 1. The van der Waals surface area contributed by atoms with Crippen LogP contribution < -0.4 is 0 Å². The summed E-state index contributed by atoms with van der Waals surface area (Å²) in [7, 11) is 0. The van der Waals surface area contributed by atoms with Crippen LogP contribution in [0, 0.1) is 5.92 Å². The van der Waals surface area contributed by atoms with Crippen molar-refractivity contribution in [2.75, 3.05) is 39.5 Å². The minimum absolute atomic E-state index is 0.0895. The third-order valence-electron chi connectivity index (χ3n) is 6.07. The van der Waals surface area contributed by atoms with Crippen LogP contribution in [0.15, 0.2) is 30.3 Å². The van der Waals surface area contributed by atoms with Gasteiger partial charge in [-0.3, -0.25) is 4.79 Å². The van der Waals surface area contributed by atoms with E-state index in [1.807, 2.05) is 35.2 Å². The number of likely N-dealkylation sites (tertiary alicyclic amines) is 1. The normalized spacial score (nSPS) is 26.3. The molecule has 3 heterocycles. The maximum Gasteiger partial charge on any atom is 0.253 e. The summed E-state index contributed by atoms with van der Waals surface area (Å²) < 4.78 is 17.7. The Labute approximate surface area is 155 Å².